The number of nitrogens with two attached hydrogens (primary N) is 1. The van der Waals surface area contributed by atoms with Crippen LogP contribution in [0, 0.1) is 17.8 Å². The van der Waals surface area contributed by atoms with Crippen molar-refractivity contribution in [1.82, 2.24) is 0 Å². The number of halogens is 1. The fraction of sp³-hybridized carbons (Fsp3) is 1.00. The summed E-state index contributed by atoms with van der Waals surface area (Å²) >= 11 is 5.90. The Morgan fingerprint density at radius 2 is 1.58 bits per heavy atom. The third-order valence-electron chi connectivity index (χ3n) is 3.49. The molecule has 0 aromatic carbocycles. The lowest BCUT2D eigenvalue weighted by Crippen LogP contribution is -2.38. The van der Waals surface area contributed by atoms with Gasteiger partial charge in [-0.15, -0.1) is 11.6 Å². The van der Waals surface area contributed by atoms with Gasteiger partial charge in [0.15, 0.2) is 0 Å². The summed E-state index contributed by atoms with van der Waals surface area (Å²) in [5, 5.41) is 0. The highest BCUT2D eigenvalue weighted by atomic mass is 35.5. The summed E-state index contributed by atoms with van der Waals surface area (Å²) in [5.41, 5.74) is 5.98. The van der Waals surface area contributed by atoms with E-state index in [4.69, 9.17) is 17.3 Å². The van der Waals surface area contributed by atoms with Gasteiger partial charge >= 0.3 is 0 Å². The van der Waals surface area contributed by atoms with Crippen LogP contribution in [0.2, 0.25) is 0 Å². The molecule has 2 unspecified atom stereocenters. The molecule has 2 fully saturated rings. The molecule has 70 valence electrons. The Kier molecular flexibility index (Phi) is 2.61. The fourth-order valence-corrected chi connectivity index (χ4v) is 3.42. The van der Waals surface area contributed by atoms with Gasteiger partial charge in [0, 0.05) is 11.9 Å². The molecular weight excluding hydrogens is 170 g/mol. The number of fused-ring (bicyclic) bond motifs is 2. The highest BCUT2D eigenvalue weighted by Crippen LogP contribution is 2.42. The molecule has 0 aromatic heterocycles. The zero-order chi connectivity index (χ0) is 8.55. The Bertz CT molecular complexity index is 142. The van der Waals surface area contributed by atoms with Crippen LogP contribution in [0.4, 0.5) is 0 Å². The van der Waals surface area contributed by atoms with Crippen LogP contribution >= 0.6 is 11.6 Å². The Balaban J connectivity index is 1.96. The molecule has 0 saturated heterocycles. The summed E-state index contributed by atoms with van der Waals surface area (Å²) in [7, 11) is 0. The maximum absolute atomic E-state index is 5.98. The lowest BCUT2D eigenvalue weighted by atomic mass is 9.67. The molecule has 0 radical (unpaired) electrons. The summed E-state index contributed by atoms with van der Waals surface area (Å²) in [6, 6.07) is 0.491. The third kappa shape index (κ3) is 1.77. The minimum absolute atomic E-state index is 0.491. The second-order valence-electron chi connectivity index (χ2n) is 4.69. The molecule has 2 bridgehead atoms. The Labute approximate surface area is 79.7 Å². The van der Waals surface area contributed by atoms with Crippen molar-refractivity contribution in [2.24, 2.45) is 23.5 Å². The Morgan fingerprint density at radius 3 is 2.08 bits per heavy atom. The Hall–Kier alpha value is 0.250. The molecule has 2 aliphatic rings. The van der Waals surface area contributed by atoms with Gasteiger partial charge in [0.25, 0.3) is 0 Å². The van der Waals surface area contributed by atoms with Gasteiger partial charge in [-0.1, -0.05) is 0 Å². The second-order valence-corrected chi connectivity index (χ2v) is 5.00. The van der Waals surface area contributed by atoms with Crippen LogP contribution in [0.5, 0.6) is 0 Å². The molecule has 0 amide bonds. The molecule has 12 heavy (non-hydrogen) atoms. The van der Waals surface area contributed by atoms with E-state index < -0.39 is 0 Å². The smallest absolute Gasteiger partial charge is 0.0251 e. The van der Waals surface area contributed by atoms with E-state index in [2.05, 4.69) is 0 Å². The first-order valence-corrected chi connectivity index (χ1v) is 5.63. The minimum Gasteiger partial charge on any atom is -0.328 e. The first-order chi connectivity index (χ1) is 5.78. The van der Waals surface area contributed by atoms with E-state index in [1.54, 1.807) is 0 Å². The fourth-order valence-electron chi connectivity index (χ4n) is 3.17. The highest BCUT2D eigenvalue weighted by Gasteiger charge is 2.34. The molecule has 2 rings (SSSR count). The first kappa shape index (κ1) is 8.83. The van der Waals surface area contributed by atoms with Crippen molar-refractivity contribution >= 4 is 11.6 Å². The van der Waals surface area contributed by atoms with Gasteiger partial charge in [-0.25, -0.2) is 0 Å². The first-order valence-electron chi connectivity index (χ1n) is 5.09. The molecule has 2 aliphatic carbocycles. The van der Waals surface area contributed by atoms with Crippen molar-refractivity contribution < 1.29 is 0 Å². The van der Waals surface area contributed by atoms with Gasteiger partial charge in [-0.05, 0) is 49.9 Å². The average molecular weight is 188 g/mol. The summed E-state index contributed by atoms with van der Waals surface area (Å²) in [4.78, 5) is 0. The second kappa shape index (κ2) is 3.55. The predicted molar refractivity (Wildman–Crippen MR) is 52.3 cm³/mol. The van der Waals surface area contributed by atoms with Crippen LogP contribution in [0.15, 0.2) is 0 Å². The molecular formula is C10H18ClN. The van der Waals surface area contributed by atoms with Gasteiger partial charge < -0.3 is 5.73 Å². The third-order valence-corrected chi connectivity index (χ3v) is 3.93. The van der Waals surface area contributed by atoms with E-state index >= 15 is 0 Å². The van der Waals surface area contributed by atoms with Gasteiger partial charge in [-0.3, -0.25) is 0 Å². The minimum atomic E-state index is 0.491. The van der Waals surface area contributed by atoms with Crippen molar-refractivity contribution in [3.05, 3.63) is 0 Å². The van der Waals surface area contributed by atoms with E-state index in [0.29, 0.717) is 6.04 Å². The molecule has 4 atom stereocenters. The largest absolute Gasteiger partial charge is 0.328 e. The van der Waals surface area contributed by atoms with Crippen LogP contribution < -0.4 is 5.73 Å². The molecule has 1 nitrogen and oxygen atoms in total. The van der Waals surface area contributed by atoms with Crippen LogP contribution in [0.3, 0.4) is 0 Å². The lowest BCUT2D eigenvalue weighted by Gasteiger charge is -2.41. The lowest BCUT2D eigenvalue weighted by molar-refractivity contribution is 0.133. The zero-order valence-electron chi connectivity index (χ0n) is 7.51. The standard InChI is InChI=1S/C10H18ClN/c11-6-9-2-7-1-8(3-9)5-10(12)4-7/h7-10H,1-6,12H2/t7-,8+,9?,10?. The van der Waals surface area contributed by atoms with Gasteiger partial charge in [0.1, 0.15) is 0 Å². The van der Waals surface area contributed by atoms with Crippen LogP contribution in [0.25, 0.3) is 0 Å². The van der Waals surface area contributed by atoms with E-state index in [-0.39, 0.29) is 0 Å². The SMILES string of the molecule is NC1C[C@@H]2CC(CCl)C[C@H](C1)C2. The molecule has 2 N–H and O–H groups in total. The maximum Gasteiger partial charge on any atom is 0.0251 e. The Morgan fingerprint density at radius 1 is 1.00 bits per heavy atom. The van der Waals surface area contributed by atoms with Crippen molar-refractivity contribution in [2.75, 3.05) is 5.88 Å². The summed E-state index contributed by atoms with van der Waals surface area (Å²) in [5.74, 6) is 3.46. The maximum atomic E-state index is 5.98. The molecule has 2 heteroatoms. The predicted octanol–water partition coefficient (Wildman–Crippen LogP) is 2.38. The summed E-state index contributed by atoms with van der Waals surface area (Å²) in [6.45, 7) is 0. The monoisotopic (exact) mass is 187 g/mol. The number of hydrogen-bond donors (Lipinski definition) is 1. The van der Waals surface area contributed by atoms with Crippen molar-refractivity contribution in [3.8, 4) is 0 Å². The van der Waals surface area contributed by atoms with Crippen molar-refractivity contribution in [1.29, 1.82) is 0 Å². The topological polar surface area (TPSA) is 26.0 Å². The van der Waals surface area contributed by atoms with Crippen molar-refractivity contribution in [3.63, 3.8) is 0 Å². The quantitative estimate of drug-likeness (QED) is 0.627. The van der Waals surface area contributed by atoms with Gasteiger partial charge in [0.05, 0.1) is 0 Å². The molecule has 0 aliphatic heterocycles. The van der Waals surface area contributed by atoms with E-state index in [1.807, 2.05) is 0 Å². The summed E-state index contributed by atoms with van der Waals surface area (Å²) in [6.07, 6.45) is 6.62. The molecule has 0 spiro atoms. The van der Waals surface area contributed by atoms with Gasteiger partial charge in [0.2, 0.25) is 0 Å². The summed E-state index contributed by atoms with van der Waals surface area (Å²) < 4.78 is 0. The van der Waals surface area contributed by atoms with E-state index in [1.165, 1.54) is 32.1 Å². The number of alkyl halides is 1. The zero-order valence-corrected chi connectivity index (χ0v) is 8.26. The van der Waals surface area contributed by atoms with Crippen LogP contribution in [0.1, 0.15) is 32.1 Å². The van der Waals surface area contributed by atoms with Crippen LogP contribution in [-0.2, 0) is 0 Å². The van der Waals surface area contributed by atoms with E-state index in [0.717, 1.165) is 23.6 Å². The van der Waals surface area contributed by atoms with Crippen molar-refractivity contribution in [2.45, 2.75) is 38.1 Å². The number of hydrogen-bond acceptors (Lipinski definition) is 1. The van der Waals surface area contributed by atoms with Gasteiger partial charge in [-0.2, -0.15) is 0 Å². The number of rotatable bonds is 1. The average Bonchev–Trinajstić information content (AvgIpc) is 2.02. The van der Waals surface area contributed by atoms with Crippen LogP contribution in [-0.4, -0.2) is 11.9 Å². The highest BCUT2D eigenvalue weighted by molar-refractivity contribution is 6.18. The normalized spacial score (nSPS) is 47.5. The molecule has 0 heterocycles. The van der Waals surface area contributed by atoms with E-state index in [9.17, 15) is 0 Å². The molecule has 2 saturated carbocycles. The molecule has 0 aromatic rings.